The van der Waals surface area contributed by atoms with Gasteiger partial charge < -0.3 is 15.4 Å². The van der Waals surface area contributed by atoms with Gasteiger partial charge in [0.2, 0.25) is 0 Å². The van der Waals surface area contributed by atoms with Crippen LogP contribution in [-0.2, 0) is 0 Å². The molecule has 21 heavy (non-hydrogen) atoms. The minimum Gasteiger partial charge on any atom is -0.496 e. The molecule has 6 heteroatoms. The Bertz CT molecular complexity index is 477. The van der Waals surface area contributed by atoms with E-state index in [-0.39, 0.29) is 24.4 Å². The van der Waals surface area contributed by atoms with E-state index >= 15 is 0 Å². The van der Waals surface area contributed by atoms with Crippen LogP contribution in [0.15, 0.2) is 18.2 Å². The lowest BCUT2D eigenvalue weighted by molar-refractivity contribution is 0.0919. The summed E-state index contributed by atoms with van der Waals surface area (Å²) in [6, 6.07) is 5.19. The summed E-state index contributed by atoms with van der Waals surface area (Å²) in [4.78, 5) is 12.4. The van der Waals surface area contributed by atoms with Gasteiger partial charge in [-0.1, -0.05) is 11.6 Å². The first-order valence-corrected chi connectivity index (χ1v) is 7.34. The molecule has 0 radical (unpaired) electrons. The number of ether oxygens (including phenoxy) is 1. The summed E-state index contributed by atoms with van der Waals surface area (Å²) in [6.45, 7) is 4.07. The van der Waals surface area contributed by atoms with E-state index in [4.69, 9.17) is 16.3 Å². The second kappa shape index (κ2) is 8.47. The molecule has 2 unspecified atom stereocenters. The third-order valence-electron chi connectivity index (χ3n) is 3.81. The van der Waals surface area contributed by atoms with Gasteiger partial charge in [0.15, 0.2) is 0 Å². The van der Waals surface area contributed by atoms with Crippen LogP contribution in [0.5, 0.6) is 5.75 Å². The highest BCUT2D eigenvalue weighted by molar-refractivity contribution is 6.31. The van der Waals surface area contributed by atoms with Crippen molar-refractivity contribution in [2.24, 2.45) is 5.92 Å². The molecule has 1 fully saturated rings. The molecule has 0 aliphatic carbocycles. The SMILES string of the molecule is COc1ccc(Cl)cc1C(=O)NC(C)C1CCCNC1.Cl. The molecule has 2 N–H and O–H groups in total. The minimum atomic E-state index is -0.137. The van der Waals surface area contributed by atoms with Crippen LogP contribution in [0.1, 0.15) is 30.1 Å². The Morgan fingerprint density at radius 1 is 1.52 bits per heavy atom. The van der Waals surface area contributed by atoms with E-state index < -0.39 is 0 Å². The van der Waals surface area contributed by atoms with Gasteiger partial charge in [-0.05, 0) is 57.0 Å². The van der Waals surface area contributed by atoms with Gasteiger partial charge in [-0.3, -0.25) is 4.79 Å². The monoisotopic (exact) mass is 332 g/mol. The Morgan fingerprint density at radius 2 is 2.29 bits per heavy atom. The summed E-state index contributed by atoms with van der Waals surface area (Å²) in [5.74, 6) is 0.876. The molecule has 4 nitrogen and oxygen atoms in total. The number of carbonyl (C=O) groups excluding carboxylic acids is 1. The van der Waals surface area contributed by atoms with Crippen LogP contribution >= 0.6 is 24.0 Å². The summed E-state index contributed by atoms with van der Waals surface area (Å²) in [7, 11) is 1.55. The lowest BCUT2D eigenvalue weighted by Crippen LogP contribution is -2.44. The highest BCUT2D eigenvalue weighted by atomic mass is 35.5. The third-order valence-corrected chi connectivity index (χ3v) is 4.04. The Balaban J connectivity index is 0.00000220. The van der Waals surface area contributed by atoms with Crippen LogP contribution in [0.4, 0.5) is 0 Å². The van der Waals surface area contributed by atoms with E-state index in [1.165, 1.54) is 0 Å². The summed E-state index contributed by atoms with van der Waals surface area (Å²) in [5.41, 5.74) is 0.482. The third kappa shape index (κ3) is 4.77. The largest absolute Gasteiger partial charge is 0.496 e. The molecule has 1 aromatic carbocycles. The minimum absolute atomic E-state index is 0. The highest BCUT2D eigenvalue weighted by Gasteiger charge is 2.23. The average molecular weight is 333 g/mol. The zero-order valence-corrected chi connectivity index (χ0v) is 13.9. The van der Waals surface area contributed by atoms with Crippen molar-refractivity contribution in [2.45, 2.75) is 25.8 Å². The molecule has 0 saturated carbocycles. The van der Waals surface area contributed by atoms with Crippen LogP contribution < -0.4 is 15.4 Å². The Hall–Kier alpha value is -0.970. The van der Waals surface area contributed by atoms with Gasteiger partial charge in [0.05, 0.1) is 12.7 Å². The number of carbonyl (C=O) groups is 1. The topological polar surface area (TPSA) is 50.4 Å². The predicted molar refractivity (Wildman–Crippen MR) is 87.8 cm³/mol. The normalized spacial score (nSPS) is 19.3. The van der Waals surface area contributed by atoms with Crippen LogP contribution in [0, 0.1) is 5.92 Å². The number of hydrogen-bond acceptors (Lipinski definition) is 3. The average Bonchev–Trinajstić information content (AvgIpc) is 2.48. The predicted octanol–water partition coefficient (Wildman–Crippen LogP) is 2.89. The first kappa shape index (κ1) is 18.1. The number of halogens is 2. The van der Waals surface area contributed by atoms with Gasteiger partial charge in [-0.15, -0.1) is 12.4 Å². The lowest BCUT2D eigenvalue weighted by atomic mass is 9.92. The standard InChI is InChI=1S/C15H21ClN2O2.ClH/c1-10(11-4-3-7-17-9-11)18-15(19)13-8-12(16)5-6-14(13)20-2;/h5-6,8,10-11,17H,3-4,7,9H2,1-2H3,(H,18,19);1H. The quantitative estimate of drug-likeness (QED) is 0.891. The second-order valence-electron chi connectivity index (χ2n) is 5.21. The molecule has 118 valence electrons. The van der Waals surface area contributed by atoms with Crippen LogP contribution in [0.3, 0.4) is 0 Å². The smallest absolute Gasteiger partial charge is 0.255 e. The molecule has 1 heterocycles. The molecule has 1 aliphatic heterocycles. The van der Waals surface area contributed by atoms with Gasteiger partial charge >= 0.3 is 0 Å². The molecule has 1 saturated heterocycles. The van der Waals surface area contributed by atoms with E-state index in [0.29, 0.717) is 22.3 Å². The van der Waals surface area contributed by atoms with Crippen molar-refractivity contribution in [2.75, 3.05) is 20.2 Å². The van der Waals surface area contributed by atoms with Crippen molar-refractivity contribution in [3.05, 3.63) is 28.8 Å². The molecule has 0 spiro atoms. The highest BCUT2D eigenvalue weighted by Crippen LogP contribution is 2.23. The van der Waals surface area contributed by atoms with Crippen LogP contribution in [0.25, 0.3) is 0 Å². The van der Waals surface area contributed by atoms with Gasteiger partial charge in [0.25, 0.3) is 5.91 Å². The Kier molecular flexibility index (Phi) is 7.29. The number of hydrogen-bond donors (Lipinski definition) is 2. The van der Waals surface area contributed by atoms with E-state index in [9.17, 15) is 4.79 Å². The maximum absolute atomic E-state index is 12.4. The molecular weight excluding hydrogens is 311 g/mol. The fourth-order valence-corrected chi connectivity index (χ4v) is 2.74. The van der Waals surface area contributed by atoms with Crippen molar-refractivity contribution < 1.29 is 9.53 Å². The van der Waals surface area contributed by atoms with Gasteiger partial charge in [-0.2, -0.15) is 0 Å². The molecule has 0 aromatic heterocycles. The van der Waals surface area contributed by atoms with Crippen molar-refractivity contribution in [1.29, 1.82) is 0 Å². The number of amides is 1. The molecule has 2 rings (SSSR count). The molecule has 1 aliphatic rings. The molecular formula is C15H22Cl2N2O2. The van der Waals surface area contributed by atoms with Crippen molar-refractivity contribution in [3.63, 3.8) is 0 Å². The van der Waals surface area contributed by atoms with E-state index in [0.717, 1.165) is 25.9 Å². The lowest BCUT2D eigenvalue weighted by Gasteiger charge is -2.29. The summed E-state index contributed by atoms with van der Waals surface area (Å²) >= 11 is 5.96. The van der Waals surface area contributed by atoms with E-state index in [1.807, 2.05) is 6.92 Å². The number of nitrogens with one attached hydrogen (secondary N) is 2. The zero-order valence-electron chi connectivity index (χ0n) is 12.3. The molecule has 2 atom stereocenters. The van der Waals surface area contributed by atoms with Crippen molar-refractivity contribution >= 4 is 29.9 Å². The molecule has 0 bridgehead atoms. The van der Waals surface area contributed by atoms with Gasteiger partial charge in [0.1, 0.15) is 5.75 Å². The maximum Gasteiger partial charge on any atom is 0.255 e. The number of methoxy groups -OCH3 is 1. The fourth-order valence-electron chi connectivity index (χ4n) is 2.57. The number of piperidine rings is 1. The molecule has 1 amide bonds. The van der Waals surface area contributed by atoms with Crippen LogP contribution in [-0.4, -0.2) is 32.1 Å². The second-order valence-corrected chi connectivity index (χ2v) is 5.65. The zero-order chi connectivity index (χ0) is 14.5. The van der Waals surface area contributed by atoms with Crippen molar-refractivity contribution in [1.82, 2.24) is 10.6 Å². The Morgan fingerprint density at radius 3 is 2.90 bits per heavy atom. The van der Waals surface area contributed by atoms with Gasteiger partial charge in [0, 0.05) is 11.1 Å². The van der Waals surface area contributed by atoms with Crippen molar-refractivity contribution in [3.8, 4) is 5.75 Å². The summed E-state index contributed by atoms with van der Waals surface area (Å²) < 4.78 is 5.22. The summed E-state index contributed by atoms with van der Waals surface area (Å²) in [6.07, 6.45) is 2.30. The maximum atomic E-state index is 12.4. The van der Waals surface area contributed by atoms with E-state index in [2.05, 4.69) is 10.6 Å². The van der Waals surface area contributed by atoms with Crippen LogP contribution in [0.2, 0.25) is 5.02 Å². The fraction of sp³-hybridized carbons (Fsp3) is 0.533. The first-order chi connectivity index (χ1) is 9.61. The van der Waals surface area contributed by atoms with E-state index in [1.54, 1.807) is 25.3 Å². The number of rotatable bonds is 4. The first-order valence-electron chi connectivity index (χ1n) is 6.97. The van der Waals surface area contributed by atoms with Gasteiger partial charge in [-0.25, -0.2) is 0 Å². The number of benzene rings is 1. The summed E-state index contributed by atoms with van der Waals surface area (Å²) in [5, 5.41) is 6.94. The molecule has 1 aromatic rings. The Labute approximate surface area is 137 Å².